The number of benzene rings is 1. The lowest BCUT2D eigenvalue weighted by Gasteiger charge is -2.16. The fraction of sp³-hybridized carbons (Fsp3) is 0.611. The Morgan fingerprint density at radius 3 is 2.71 bits per heavy atom. The van der Waals surface area contributed by atoms with Gasteiger partial charge in [-0.2, -0.15) is 0 Å². The van der Waals surface area contributed by atoms with E-state index in [9.17, 15) is 4.79 Å². The summed E-state index contributed by atoms with van der Waals surface area (Å²) < 4.78 is 16.7. The van der Waals surface area contributed by atoms with Gasteiger partial charge in [-0.1, -0.05) is 36.2 Å². The molecule has 0 aliphatic carbocycles. The average molecular weight is 375 g/mol. The van der Waals surface area contributed by atoms with E-state index in [4.69, 9.17) is 37.4 Å². The molecule has 134 valence electrons. The molecule has 0 bridgehead atoms. The molecule has 0 N–H and O–H groups in total. The zero-order chi connectivity index (χ0) is 17.5. The third-order valence-electron chi connectivity index (χ3n) is 4.20. The van der Waals surface area contributed by atoms with Gasteiger partial charge in [-0.25, -0.2) is 0 Å². The van der Waals surface area contributed by atoms with E-state index in [-0.39, 0.29) is 18.2 Å². The minimum absolute atomic E-state index is 0.0264. The number of halogens is 2. The van der Waals surface area contributed by atoms with Crippen LogP contribution in [0.1, 0.15) is 38.7 Å². The molecule has 0 aromatic heterocycles. The molecule has 0 saturated carbocycles. The van der Waals surface area contributed by atoms with Gasteiger partial charge in [0.2, 0.25) is 0 Å². The van der Waals surface area contributed by atoms with Gasteiger partial charge in [0.25, 0.3) is 0 Å². The highest BCUT2D eigenvalue weighted by molar-refractivity contribution is 6.35. The van der Waals surface area contributed by atoms with Crippen molar-refractivity contribution in [2.75, 3.05) is 13.2 Å². The molecule has 1 aliphatic heterocycles. The maximum atomic E-state index is 11.4. The number of carbonyl (C=O) groups excluding carboxylic acids is 1. The van der Waals surface area contributed by atoms with Gasteiger partial charge in [0.15, 0.2) is 0 Å². The van der Waals surface area contributed by atoms with Crippen molar-refractivity contribution in [3.8, 4) is 0 Å². The number of carbonyl (C=O) groups is 1. The van der Waals surface area contributed by atoms with E-state index in [1.165, 1.54) is 0 Å². The van der Waals surface area contributed by atoms with Gasteiger partial charge in [-0.15, -0.1) is 0 Å². The predicted octanol–water partition coefficient (Wildman–Crippen LogP) is 4.65. The molecule has 2 rings (SSSR count). The van der Waals surface area contributed by atoms with E-state index in [1.807, 2.05) is 13.0 Å². The number of ether oxygens (including phenoxy) is 3. The zero-order valence-electron chi connectivity index (χ0n) is 14.1. The van der Waals surface area contributed by atoms with E-state index < -0.39 is 0 Å². The standard InChI is InChI=1S/C18H24Cl2O4/c1-3-23-18(21)8-7-13-9-12(2)17(24-13)11-22-10-14-15(19)5-4-6-16(14)20/h4-6,12-13,17H,3,7-11H2,1-2H3/t12-,13-,17+/m1/s1. The molecule has 0 amide bonds. The van der Waals surface area contributed by atoms with Crippen molar-refractivity contribution in [2.24, 2.45) is 5.92 Å². The summed E-state index contributed by atoms with van der Waals surface area (Å²) in [6, 6.07) is 5.41. The lowest BCUT2D eigenvalue weighted by molar-refractivity contribution is -0.144. The fourth-order valence-electron chi connectivity index (χ4n) is 2.85. The number of esters is 1. The highest BCUT2D eigenvalue weighted by atomic mass is 35.5. The third-order valence-corrected chi connectivity index (χ3v) is 4.91. The van der Waals surface area contributed by atoms with Crippen molar-refractivity contribution in [3.63, 3.8) is 0 Å². The molecule has 3 atom stereocenters. The average Bonchev–Trinajstić information content (AvgIpc) is 2.89. The van der Waals surface area contributed by atoms with E-state index in [2.05, 4.69) is 6.92 Å². The van der Waals surface area contributed by atoms with Crippen molar-refractivity contribution < 1.29 is 19.0 Å². The lowest BCUT2D eigenvalue weighted by Crippen LogP contribution is -2.21. The molecular formula is C18H24Cl2O4. The Kier molecular flexibility index (Phi) is 7.82. The van der Waals surface area contributed by atoms with Crippen LogP contribution in [0, 0.1) is 5.92 Å². The molecule has 1 aromatic carbocycles. The van der Waals surface area contributed by atoms with Crippen molar-refractivity contribution in [2.45, 2.75) is 51.9 Å². The smallest absolute Gasteiger partial charge is 0.305 e. The van der Waals surface area contributed by atoms with Crippen LogP contribution in [0.4, 0.5) is 0 Å². The summed E-state index contributed by atoms with van der Waals surface area (Å²) >= 11 is 12.3. The summed E-state index contributed by atoms with van der Waals surface area (Å²) in [6.45, 7) is 5.21. The predicted molar refractivity (Wildman–Crippen MR) is 94.4 cm³/mol. The van der Waals surface area contributed by atoms with Gasteiger partial charge >= 0.3 is 5.97 Å². The minimum Gasteiger partial charge on any atom is -0.466 e. The molecule has 1 aliphatic rings. The topological polar surface area (TPSA) is 44.8 Å². The summed E-state index contributed by atoms with van der Waals surface area (Å²) in [4.78, 5) is 11.4. The van der Waals surface area contributed by atoms with Crippen LogP contribution in [-0.2, 0) is 25.6 Å². The second-order valence-electron chi connectivity index (χ2n) is 6.07. The Morgan fingerprint density at radius 1 is 1.33 bits per heavy atom. The number of hydrogen-bond donors (Lipinski definition) is 0. The normalized spacial score (nSPS) is 23.4. The molecule has 1 heterocycles. The van der Waals surface area contributed by atoms with E-state index in [1.54, 1.807) is 12.1 Å². The lowest BCUT2D eigenvalue weighted by atomic mass is 10.0. The van der Waals surface area contributed by atoms with Crippen LogP contribution in [0.5, 0.6) is 0 Å². The Labute approximate surface area is 153 Å². The van der Waals surface area contributed by atoms with Crippen molar-refractivity contribution >= 4 is 29.2 Å². The van der Waals surface area contributed by atoms with Crippen LogP contribution in [0.15, 0.2) is 18.2 Å². The van der Waals surface area contributed by atoms with Crippen molar-refractivity contribution in [1.82, 2.24) is 0 Å². The Morgan fingerprint density at radius 2 is 2.04 bits per heavy atom. The second-order valence-corrected chi connectivity index (χ2v) is 6.88. The molecule has 0 spiro atoms. The van der Waals surface area contributed by atoms with Gasteiger partial charge in [-0.05, 0) is 37.8 Å². The first-order valence-corrected chi connectivity index (χ1v) is 9.08. The Bertz CT molecular complexity index is 530. The first kappa shape index (κ1) is 19.5. The molecule has 6 heteroatoms. The van der Waals surface area contributed by atoms with Crippen LogP contribution in [0.25, 0.3) is 0 Å². The minimum atomic E-state index is -0.165. The molecule has 1 aromatic rings. The maximum Gasteiger partial charge on any atom is 0.305 e. The van der Waals surface area contributed by atoms with Crippen molar-refractivity contribution in [3.05, 3.63) is 33.8 Å². The van der Waals surface area contributed by atoms with Gasteiger partial charge < -0.3 is 14.2 Å². The summed E-state index contributed by atoms with van der Waals surface area (Å²) in [5, 5.41) is 1.21. The Hall–Kier alpha value is -0.810. The molecule has 4 nitrogen and oxygen atoms in total. The zero-order valence-corrected chi connectivity index (χ0v) is 15.6. The first-order valence-electron chi connectivity index (χ1n) is 8.33. The Balaban J connectivity index is 1.74. The SMILES string of the molecule is CCOC(=O)CC[C@@H]1C[C@@H](C)[C@H](COCc2c(Cl)cccc2Cl)O1. The van der Waals surface area contributed by atoms with Gasteiger partial charge in [0.05, 0.1) is 32.0 Å². The van der Waals surface area contributed by atoms with E-state index >= 15 is 0 Å². The molecule has 1 fully saturated rings. The molecule has 24 heavy (non-hydrogen) atoms. The third kappa shape index (κ3) is 5.62. The maximum absolute atomic E-state index is 11.4. The highest BCUT2D eigenvalue weighted by Gasteiger charge is 2.32. The van der Waals surface area contributed by atoms with Crippen LogP contribution < -0.4 is 0 Å². The number of rotatable bonds is 8. The van der Waals surface area contributed by atoms with Crippen molar-refractivity contribution in [1.29, 1.82) is 0 Å². The summed E-state index contributed by atoms with van der Waals surface area (Å²) in [5.41, 5.74) is 0.797. The van der Waals surface area contributed by atoms with Gasteiger partial charge in [-0.3, -0.25) is 4.79 Å². The first-order chi connectivity index (χ1) is 11.5. The largest absolute Gasteiger partial charge is 0.466 e. The second kappa shape index (κ2) is 9.62. The van der Waals surface area contributed by atoms with Crippen LogP contribution >= 0.6 is 23.2 Å². The van der Waals surface area contributed by atoms with Crippen LogP contribution in [0.2, 0.25) is 10.0 Å². The van der Waals surface area contributed by atoms with Crippen LogP contribution in [0.3, 0.4) is 0 Å². The van der Waals surface area contributed by atoms with E-state index in [0.717, 1.165) is 12.0 Å². The highest BCUT2D eigenvalue weighted by Crippen LogP contribution is 2.30. The molecule has 0 unspecified atom stereocenters. The monoisotopic (exact) mass is 374 g/mol. The summed E-state index contributed by atoms with van der Waals surface area (Å²) in [5.74, 6) is 0.223. The van der Waals surface area contributed by atoms with Gasteiger partial charge in [0, 0.05) is 22.0 Å². The summed E-state index contributed by atoms with van der Waals surface area (Å²) in [6.07, 6.45) is 2.13. The molecule has 0 radical (unpaired) electrons. The number of hydrogen-bond acceptors (Lipinski definition) is 4. The van der Waals surface area contributed by atoms with Gasteiger partial charge in [0.1, 0.15) is 0 Å². The van der Waals surface area contributed by atoms with E-state index in [0.29, 0.717) is 48.6 Å². The molecule has 1 saturated heterocycles. The summed E-state index contributed by atoms with van der Waals surface area (Å²) in [7, 11) is 0. The molecular weight excluding hydrogens is 351 g/mol. The quantitative estimate of drug-likeness (QED) is 0.621. The van der Waals surface area contributed by atoms with Crippen LogP contribution in [-0.4, -0.2) is 31.4 Å². The fourth-order valence-corrected chi connectivity index (χ4v) is 3.36.